The molecule has 2 fully saturated rings. The number of fused-ring (bicyclic) bond motifs is 2. The van der Waals surface area contributed by atoms with Gasteiger partial charge < -0.3 is 9.84 Å². The molecule has 30 heavy (non-hydrogen) atoms. The van der Waals surface area contributed by atoms with Gasteiger partial charge >= 0.3 is 0 Å². The third-order valence-electron chi connectivity index (χ3n) is 6.74. The van der Waals surface area contributed by atoms with Gasteiger partial charge in [0, 0.05) is 18.6 Å². The van der Waals surface area contributed by atoms with Crippen molar-refractivity contribution in [3.05, 3.63) is 96.1 Å². The fourth-order valence-electron chi connectivity index (χ4n) is 5.27. The Labute approximate surface area is 178 Å². The fraction of sp³-hybridized carbons (Fsp3) is 0.333. The van der Waals surface area contributed by atoms with Gasteiger partial charge in [-0.1, -0.05) is 67.1 Å². The third kappa shape index (κ3) is 4.00. The van der Waals surface area contributed by atoms with Crippen LogP contribution in [0.3, 0.4) is 0 Å². The van der Waals surface area contributed by atoms with Crippen LogP contribution in [-0.4, -0.2) is 22.1 Å². The number of aliphatic hydroxyl groups is 1. The highest BCUT2D eigenvalue weighted by Crippen LogP contribution is 2.45. The molecule has 0 amide bonds. The van der Waals surface area contributed by atoms with Gasteiger partial charge in [0.2, 0.25) is 0 Å². The van der Waals surface area contributed by atoms with E-state index in [1.807, 2.05) is 54.6 Å². The number of rotatable bonds is 5. The van der Waals surface area contributed by atoms with E-state index in [1.54, 1.807) is 0 Å². The van der Waals surface area contributed by atoms with Crippen LogP contribution in [-0.2, 0) is 12.1 Å². The van der Waals surface area contributed by atoms with Crippen molar-refractivity contribution in [3.8, 4) is 11.5 Å². The Morgan fingerprint density at radius 3 is 1.97 bits per heavy atom. The van der Waals surface area contributed by atoms with E-state index in [1.165, 1.54) is 24.8 Å². The summed E-state index contributed by atoms with van der Waals surface area (Å²) in [5.74, 6) is 1.63. The van der Waals surface area contributed by atoms with Crippen LogP contribution in [0.4, 0.5) is 0 Å². The zero-order valence-electron chi connectivity index (χ0n) is 17.3. The van der Waals surface area contributed by atoms with Crippen LogP contribution in [0.2, 0.25) is 0 Å². The van der Waals surface area contributed by atoms with Gasteiger partial charge in [0.05, 0.1) is 5.60 Å². The van der Waals surface area contributed by atoms with E-state index >= 15 is 0 Å². The molecule has 0 saturated carbocycles. The Morgan fingerprint density at radius 2 is 1.33 bits per heavy atom. The van der Waals surface area contributed by atoms with Gasteiger partial charge in [0.25, 0.3) is 0 Å². The number of ether oxygens (including phenoxy) is 1. The number of benzene rings is 3. The standard InChI is InChI=1S/C27H29NO2/c29-27(22-14-16-26(17-15-22)30-25-12-5-2-6-13-25)18-23-10-7-11-24(19-27)28(23)20-21-8-3-1-4-9-21/h1-6,8-9,12-17,23-24,29H,7,10-11,18-20H2. The van der Waals surface area contributed by atoms with Crippen molar-refractivity contribution in [1.82, 2.24) is 4.90 Å². The summed E-state index contributed by atoms with van der Waals surface area (Å²) >= 11 is 0. The molecule has 2 aliphatic rings. The molecular formula is C27H29NO2. The number of nitrogens with zero attached hydrogens (tertiary/aromatic N) is 1. The largest absolute Gasteiger partial charge is 0.457 e. The minimum atomic E-state index is -0.756. The van der Waals surface area contributed by atoms with Gasteiger partial charge in [-0.3, -0.25) is 4.90 Å². The van der Waals surface area contributed by atoms with E-state index in [0.717, 1.165) is 36.4 Å². The molecule has 3 aromatic rings. The van der Waals surface area contributed by atoms with Crippen molar-refractivity contribution in [3.63, 3.8) is 0 Å². The van der Waals surface area contributed by atoms with Crippen LogP contribution in [0.25, 0.3) is 0 Å². The fourth-order valence-corrected chi connectivity index (χ4v) is 5.27. The molecule has 154 valence electrons. The lowest BCUT2D eigenvalue weighted by molar-refractivity contribution is -0.0999. The topological polar surface area (TPSA) is 32.7 Å². The molecule has 5 rings (SSSR count). The smallest absolute Gasteiger partial charge is 0.127 e. The molecule has 2 unspecified atom stereocenters. The second-order valence-electron chi connectivity index (χ2n) is 8.78. The molecule has 2 aliphatic heterocycles. The lowest BCUT2D eigenvalue weighted by Crippen LogP contribution is -2.56. The summed E-state index contributed by atoms with van der Waals surface area (Å²) in [6.45, 7) is 0.982. The summed E-state index contributed by atoms with van der Waals surface area (Å²) in [4.78, 5) is 2.64. The van der Waals surface area contributed by atoms with Crippen LogP contribution < -0.4 is 4.74 Å². The minimum Gasteiger partial charge on any atom is -0.457 e. The quantitative estimate of drug-likeness (QED) is 0.581. The maximum absolute atomic E-state index is 11.6. The summed E-state index contributed by atoms with van der Waals surface area (Å²) in [6, 6.07) is 29.4. The highest BCUT2D eigenvalue weighted by molar-refractivity contribution is 5.35. The van der Waals surface area contributed by atoms with Crippen molar-refractivity contribution >= 4 is 0 Å². The summed E-state index contributed by atoms with van der Waals surface area (Å²) < 4.78 is 5.92. The summed E-state index contributed by atoms with van der Waals surface area (Å²) in [5, 5.41) is 11.6. The van der Waals surface area contributed by atoms with E-state index in [-0.39, 0.29) is 0 Å². The molecule has 0 radical (unpaired) electrons. The third-order valence-corrected chi connectivity index (χ3v) is 6.74. The average Bonchev–Trinajstić information content (AvgIpc) is 2.76. The highest BCUT2D eigenvalue weighted by Gasteiger charge is 2.46. The first-order valence-electron chi connectivity index (χ1n) is 11.1. The zero-order valence-corrected chi connectivity index (χ0v) is 17.3. The minimum absolute atomic E-state index is 0.433. The molecule has 0 aliphatic carbocycles. The molecule has 2 bridgehead atoms. The maximum Gasteiger partial charge on any atom is 0.127 e. The summed E-state index contributed by atoms with van der Waals surface area (Å²) in [5.41, 5.74) is 1.62. The molecule has 2 saturated heterocycles. The van der Waals surface area contributed by atoms with Crippen LogP contribution in [0.15, 0.2) is 84.9 Å². The number of para-hydroxylation sites is 1. The van der Waals surface area contributed by atoms with Gasteiger partial charge in [-0.2, -0.15) is 0 Å². The Kier molecular flexibility index (Phi) is 5.32. The number of hydrogen-bond acceptors (Lipinski definition) is 3. The van der Waals surface area contributed by atoms with Crippen LogP contribution in [0, 0.1) is 0 Å². The molecule has 3 heteroatoms. The van der Waals surface area contributed by atoms with Crippen molar-refractivity contribution in [1.29, 1.82) is 0 Å². The first kappa shape index (κ1) is 19.3. The van der Waals surface area contributed by atoms with Gasteiger partial charge in [-0.15, -0.1) is 0 Å². The van der Waals surface area contributed by atoms with Crippen LogP contribution >= 0.6 is 0 Å². The average molecular weight is 400 g/mol. The Hall–Kier alpha value is -2.62. The number of hydrogen-bond donors (Lipinski definition) is 1. The van der Waals surface area contributed by atoms with E-state index in [0.29, 0.717) is 12.1 Å². The molecule has 3 nitrogen and oxygen atoms in total. The molecule has 2 heterocycles. The van der Waals surface area contributed by atoms with Gasteiger partial charge in [0.1, 0.15) is 11.5 Å². The monoisotopic (exact) mass is 399 g/mol. The summed E-state index contributed by atoms with van der Waals surface area (Å²) in [6.07, 6.45) is 5.20. The van der Waals surface area contributed by atoms with Crippen molar-refractivity contribution in [2.45, 2.75) is 56.3 Å². The van der Waals surface area contributed by atoms with Gasteiger partial charge in [0.15, 0.2) is 0 Å². The SMILES string of the molecule is OC1(c2ccc(Oc3ccccc3)cc2)CC2CCCC(C1)N2Cc1ccccc1. The first-order valence-corrected chi connectivity index (χ1v) is 11.1. The molecular weight excluding hydrogens is 370 g/mol. The second kappa shape index (κ2) is 8.25. The van der Waals surface area contributed by atoms with E-state index in [9.17, 15) is 5.11 Å². The van der Waals surface area contributed by atoms with E-state index in [2.05, 4.69) is 35.2 Å². The Morgan fingerprint density at radius 1 is 0.767 bits per heavy atom. The number of piperidine rings is 2. The lowest BCUT2D eigenvalue weighted by Gasteiger charge is -2.52. The normalized spacial score (nSPS) is 26.3. The van der Waals surface area contributed by atoms with Crippen LogP contribution in [0.1, 0.15) is 43.2 Å². The highest BCUT2D eigenvalue weighted by atomic mass is 16.5. The molecule has 1 N–H and O–H groups in total. The van der Waals surface area contributed by atoms with Gasteiger partial charge in [-0.05, 0) is 61.1 Å². The Bertz CT molecular complexity index is 941. The molecule has 0 aromatic heterocycles. The molecule has 2 atom stereocenters. The maximum atomic E-state index is 11.6. The second-order valence-corrected chi connectivity index (χ2v) is 8.78. The van der Waals surface area contributed by atoms with E-state index < -0.39 is 5.60 Å². The molecule has 3 aromatic carbocycles. The predicted molar refractivity (Wildman–Crippen MR) is 120 cm³/mol. The van der Waals surface area contributed by atoms with E-state index in [4.69, 9.17) is 4.74 Å². The van der Waals surface area contributed by atoms with Crippen molar-refractivity contribution in [2.75, 3.05) is 0 Å². The predicted octanol–water partition coefficient (Wildman–Crippen LogP) is 5.88. The molecule has 0 spiro atoms. The first-order chi connectivity index (χ1) is 14.7. The van der Waals surface area contributed by atoms with Crippen molar-refractivity contribution in [2.24, 2.45) is 0 Å². The Balaban J connectivity index is 1.32. The summed E-state index contributed by atoms with van der Waals surface area (Å²) in [7, 11) is 0. The lowest BCUT2D eigenvalue weighted by atomic mass is 9.72. The zero-order chi connectivity index (χ0) is 20.4. The van der Waals surface area contributed by atoms with Gasteiger partial charge in [-0.25, -0.2) is 0 Å². The van der Waals surface area contributed by atoms with Crippen molar-refractivity contribution < 1.29 is 9.84 Å². The van der Waals surface area contributed by atoms with Crippen LogP contribution in [0.5, 0.6) is 11.5 Å².